The van der Waals surface area contributed by atoms with Gasteiger partial charge in [-0.15, -0.1) is 0 Å². The standard InChI is InChI=1S/C29H41N7O9/c1-29(2)33(3)20(28(42)36(29)21-10-7-15-35(44)27(21)41)9-6-14-34(43)24(39)12-13-30-23(38)16-31-25(40)19-17-45-26(32-19)18-8-4-5-11-22(18)37/h4-5,8,11,19-21,37,43-44H,6-7,9-10,12-17H2,1-3H3,(H,30,38)(H,31,40)/t19-,20+,21+/m1/s1. The number of phenols is 1. The fourth-order valence-electron chi connectivity index (χ4n) is 5.73. The Bertz CT molecular complexity index is 1340. The molecule has 246 valence electrons. The number of phenolic OH excluding ortho intramolecular Hbond substituents is 1. The molecule has 0 aromatic heterocycles. The summed E-state index contributed by atoms with van der Waals surface area (Å²) in [4.78, 5) is 70.4. The summed E-state index contributed by atoms with van der Waals surface area (Å²) in [5, 5.41) is 36.2. The molecule has 16 heteroatoms. The van der Waals surface area contributed by atoms with Crippen LogP contribution in [0.3, 0.4) is 0 Å². The monoisotopic (exact) mass is 631 g/mol. The van der Waals surface area contributed by atoms with Gasteiger partial charge in [-0.25, -0.2) is 15.1 Å². The van der Waals surface area contributed by atoms with Crippen LogP contribution in [0.4, 0.5) is 0 Å². The second-order valence-electron chi connectivity index (χ2n) is 11.7. The van der Waals surface area contributed by atoms with E-state index in [-0.39, 0.29) is 56.8 Å². The molecule has 3 aliphatic rings. The number of hydrogen-bond donors (Lipinski definition) is 5. The Morgan fingerprint density at radius 2 is 1.89 bits per heavy atom. The van der Waals surface area contributed by atoms with E-state index < -0.39 is 47.4 Å². The number of carbonyl (C=O) groups excluding carboxylic acids is 5. The molecule has 5 amide bonds. The Kier molecular flexibility index (Phi) is 10.6. The third kappa shape index (κ3) is 7.51. The summed E-state index contributed by atoms with van der Waals surface area (Å²) in [6.45, 7) is 3.39. The van der Waals surface area contributed by atoms with Crippen LogP contribution in [0.2, 0.25) is 0 Å². The third-order valence-corrected chi connectivity index (χ3v) is 8.45. The van der Waals surface area contributed by atoms with E-state index >= 15 is 0 Å². The first kappa shape index (κ1) is 33.6. The lowest BCUT2D eigenvalue weighted by atomic mass is 10.0. The molecule has 1 aromatic carbocycles. The van der Waals surface area contributed by atoms with Gasteiger partial charge >= 0.3 is 0 Å². The number of hydroxylamine groups is 4. The number of amides is 5. The molecule has 0 spiro atoms. The summed E-state index contributed by atoms with van der Waals surface area (Å²) in [5.41, 5.74) is -0.421. The molecule has 5 N–H and O–H groups in total. The minimum atomic E-state index is -0.883. The van der Waals surface area contributed by atoms with Crippen molar-refractivity contribution in [1.82, 2.24) is 30.6 Å². The average molecular weight is 632 g/mol. The second-order valence-corrected chi connectivity index (χ2v) is 11.7. The number of nitrogens with zero attached hydrogens (tertiary/aromatic N) is 5. The van der Waals surface area contributed by atoms with Crippen molar-refractivity contribution in [2.45, 2.75) is 69.7 Å². The lowest BCUT2D eigenvalue weighted by Crippen LogP contribution is -2.59. The maximum Gasteiger partial charge on any atom is 0.268 e. The number of para-hydroxylation sites is 1. The predicted octanol–water partition coefficient (Wildman–Crippen LogP) is -0.583. The van der Waals surface area contributed by atoms with E-state index in [0.29, 0.717) is 41.4 Å². The number of rotatable bonds is 12. The van der Waals surface area contributed by atoms with Crippen LogP contribution in [0.15, 0.2) is 29.3 Å². The molecule has 0 aliphatic carbocycles. The van der Waals surface area contributed by atoms with E-state index in [0.717, 1.165) is 0 Å². The van der Waals surface area contributed by atoms with Crippen LogP contribution >= 0.6 is 0 Å². The number of aromatic hydroxyl groups is 1. The maximum atomic E-state index is 13.4. The number of hydrogen-bond acceptors (Lipinski definition) is 11. The first-order valence-electron chi connectivity index (χ1n) is 14.9. The van der Waals surface area contributed by atoms with Crippen LogP contribution in [0.25, 0.3) is 0 Å². The van der Waals surface area contributed by atoms with Crippen molar-refractivity contribution in [2.75, 3.05) is 39.8 Å². The topological polar surface area (TPSA) is 205 Å². The van der Waals surface area contributed by atoms with E-state index in [9.17, 15) is 39.5 Å². The minimum Gasteiger partial charge on any atom is -0.507 e. The molecule has 3 heterocycles. The highest BCUT2D eigenvalue weighted by atomic mass is 16.5. The van der Waals surface area contributed by atoms with Crippen LogP contribution < -0.4 is 10.6 Å². The van der Waals surface area contributed by atoms with Crippen molar-refractivity contribution < 1.29 is 44.2 Å². The first-order chi connectivity index (χ1) is 21.3. The fourth-order valence-corrected chi connectivity index (χ4v) is 5.73. The molecule has 1 aromatic rings. The van der Waals surface area contributed by atoms with E-state index in [1.54, 1.807) is 25.2 Å². The summed E-state index contributed by atoms with van der Waals surface area (Å²) in [7, 11) is 1.78. The van der Waals surface area contributed by atoms with Gasteiger partial charge in [-0.2, -0.15) is 0 Å². The molecule has 0 bridgehead atoms. The molecule has 2 fully saturated rings. The van der Waals surface area contributed by atoms with Crippen molar-refractivity contribution in [3.8, 4) is 5.75 Å². The first-order valence-corrected chi connectivity index (χ1v) is 14.9. The number of aliphatic imine (C=N–C) groups is 1. The quantitative estimate of drug-likeness (QED) is 0.147. The van der Waals surface area contributed by atoms with Crippen molar-refractivity contribution in [1.29, 1.82) is 0 Å². The smallest absolute Gasteiger partial charge is 0.268 e. The van der Waals surface area contributed by atoms with Gasteiger partial charge in [0.05, 0.1) is 23.8 Å². The van der Waals surface area contributed by atoms with Gasteiger partial charge in [0.25, 0.3) is 5.91 Å². The van der Waals surface area contributed by atoms with Crippen molar-refractivity contribution in [3.05, 3.63) is 29.8 Å². The Hall–Kier alpha value is -4.28. The molecule has 2 saturated heterocycles. The van der Waals surface area contributed by atoms with Gasteiger partial charge in [0, 0.05) is 26.1 Å². The molecule has 0 radical (unpaired) electrons. The molecule has 16 nitrogen and oxygen atoms in total. The van der Waals surface area contributed by atoms with E-state index in [2.05, 4.69) is 15.6 Å². The Morgan fingerprint density at radius 3 is 2.62 bits per heavy atom. The molecule has 0 saturated carbocycles. The summed E-state index contributed by atoms with van der Waals surface area (Å²) < 4.78 is 5.41. The van der Waals surface area contributed by atoms with Crippen LogP contribution in [0.5, 0.6) is 5.75 Å². The summed E-state index contributed by atoms with van der Waals surface area (Å²) in [5.74, 6) is -2.36. The normalized spacial score (nSPS) is 23.0. The van der Waals surface area contributed by atoms with Gasteiger partial charge in [-0.3, -0.25) is 39.3 Å². The minimum absolute atomic E-state index is 0.0333. The molecular weight excluding hydrogens is 590 g/mol. The molecule has 3 aliphatic heterocycles. The SMILES string of the molecule is CN1[C@@H](CCCN(O)C(=O)CCNC(=O)CNC(=O)[C@H]2COC(c3ccccc3O)=N2)C(=O)N([C@H]2CCCN(O)C2=O)C1(C)C. The summed E-state index contributed by atoms with van der Waals surface area (Å²) in [6.07, 6.45) is 1.47. The molecule has 45 heavy (non-hydrogen) atoms. The molecular formula is C29H41N7O9. The second kappa shape index (κ2) is 14.2. The maximum absolute atomic E-state index is 13.4. The average Bonchev–Trinajstić information content (AvgIpc) is 3.55. The summed E-state index contributed by atoms with van der Waals surface area (Å²) in [6, 6.07) is 4.20. The lowest BCUT2D eigenvalue weighted by molar-refractivity contribution is -0.182. The Labute approximate surface area is 260 Å². The van der Waals surface area contributed by atoms with Gasteiger partial charge in [-0.1, -0.05) is 12.1 Å². The fraction of sp³-hybridized carbons (Fsp3) is 0.586. The predicted molar refractivity (Wildman–Crippen MR) is 157 cm³/mol. The van der Waals surface area contributed by atoms with E-state index in [4.69, 9.17) is 4.74 Å². The van der Waals surface area contributed by atoms with Crippen molar-refractivity contribution in [3.63, 3.8) is 0 Å². The van der Waals surface area contributed by atoms with Gasteiger partial charge in [0.1, 0.15) is 18.4 Å². The lowest BCUT2D eigenvalue weighted by Gasteiger charge is -2.42. The van der Waals surface area contributed by atoms with Crippen molar-refractivity contribution in [2.24, 2.45) is 4.99 Å². The summed E-state index contributed by atoms with van der Waals surface area (Å²) >= 11 is 0. The highest BCUT2D eigenvalue weighted by molar-refractivity contribution is 6.00. The highest BCUT2D eigenvalue weighted by Crippen LogP contribution is 2.36. The zero-order valence-electron chi connectivity index (χ0n) is 25.6. The molecule has 3 atom stereocenters. The van der Waals surface area contributed by atoms with Crippen molar-refractivity contribution >= 4 is 35.4 Å². The number of likely N-dealkylation sites (N-methyl/N-ethyl adjacent to an activating group) is 1. The van der Waals surface area contributed by atoms with Crippen LogP contribution in [0.1, 0.15) is 51.5 Å². The van der Waals surface area contributed by atoms with Gasteiger partial charge in [0.15, 0.2) is 6.04 Å². The Balaban J connectivity index is 1.15. The molecule has 0 unspecified atom stereocenters. The Morgan fingerprint density at radius 1 is 1.16 bits per heavy atom. The zero-order chi connectivity index (χ0) is 32.9. The largest absolute Gasteiger partial charge is 0.507 e. The van der Waals surface area contributed by atoms with E-state index in [1.165, 1.54) is 11.0 Å². The number of piperidine rings is 1. The number of ether oxygens (including phenoxy) is 1. The third-order valence-electron chi connectivity index (χ3n) is 8.45. The molecule has 4 rings (SSSR count). The van der Waals surface area contributed by atoms with Crippen LogP contribution in [-0.4, -0.2) is 135 Å². The van der Waals surface area contributed by atoms with Gasteiger partial charge in [-0.05, 0) is 58.7 Å². The number of benzene rings is 1. The van der Waals surface area contributed by atoms with Crippen LogP contribution in [-0.2, 0) is 28.7 Å². The van der Waals surface area contributed by atoms with Gasteiger partial charge in [0.2, 0.25) is 29.5 Å². The van der Waals surface area contributed by atoms with E-state index in [1.807, 2.05) is 18.7 Å². The highest BCUT2D eigenvalue weighted by Gasteiger charge is 2.54. The number of nitrogens with one attached hydrogen (secondary N) is 2. The van der Waals surface area contributed by atoms with Crippen LogP contribution in [0, 0.1) is 0 Å². The number of carbonyl (C=O) groups is 5. The van der Waals surface area contributed by atoms with Gasteiger partial charge < -0.3 is 25.4 Å². The zero-order valence-corrected chi connectivity index (χ0v) is 25.6.